The second-order valence-electron chi connectivity index (χ2n) is 4.71. The number of rotatable bonds is 3. The summed E-state index contributed by atoms with van der Waals surface area (Å²) in [5.74, 6) is -0.117. The van der Waals surface area contributed by atoms with Gasteiger partial charge in [0.25, 0.3) is 5.91 Å². The number of fused-ring (bicyclic) bond motifs is 1. The number of benzene rings is 1. The Hall–Kier alpha value is -2.21. The average molecular weight is 287 g/mol. The summed E-state index contributed by atoms with van der Waals surface area (Å²) in [6, 6.07) is 5.42. The molecule has 1 amide bonds. The highest BCUT2D eigenvalue weighted by Gasteiger charge is 2.15. The van der Waals surface area contributed by atoms with Crippen LogP contribution in [0.5, 0.6) is 0 Å². The smallest absolute Gasteiger partial charge is 0.251 e. The zero-order chi connectivity index (χ0) is 14.1. The molecule has 2 aromatic heterocycles. The van der Waals surface area contributed by atoms with E-state index in [-0.39, 0.29) is 11.9 Å². The molecule has 0 aliphatic carbocycles. The number of hydrogen-bond acceptors (Lipinski definition) is 5. The fourth-order valence-corrected chi connectivity index (χ4v) is 2.55. The van der Waals surface area contributed by atoms with Gasteiger partial charge in [0.1, 0.15) is 10.7 Å². The predicted molar refractivity (Wildman–Crippen MR) is 77.7 cm³/mol. The lowest BCUT2D eigenvalue weighted by atomic mass is 10.1. The van der Waals surface area contributed by atoms with Gasteiger partial charge in [-0.3, -0.25) is 4.79 Å². The van der Waals surface area contributed by atoms with Crippen molar-refractivity contribution < 1.29 is 9.32 Å². The first-order chi connectivity index (χ1) is 9.65. The summed E-state index contributed by atoms with van der Waals surface area (Å²) >= 11 is 1.50. The summed E-state index contributed by atoms with van der Waals surface area (Å²) in [6.07, 6.45) is 1.73. The summed E-state index contributed by atoms with van der Waals surface area (Å²) in [5.41, 5.74) is 1.87. The van der Waals surface area contributed by atoms with Crippen molar-refractivity contribution in [1.29, 1.82) is 0 Å². The molecule has 0 bridgehead atoms. The summed E-state index contributed by atoms with van der Waals surface area (Å²) in [5, 5.41) is 10.4. The molecule has 0 saturated carbocycles. The molecule has 0 unspecified atom stereocenters. The fourth-order valence-electron chi connectivity index (χ4n) is 1.92. The molecule has 1 N–H and O–H groups in total. The van der Waals surface area contributed by atoms with Gasteiger partial charge in [0, 0.05) is 23.2 Å². The predicted octanol–water partition coefficient (Wildman–Crippen LogP) is 3.09. The maximum atomic E-state index is 12.0. The number of nitrogens with one attached hydrogen (secondary N) is 1. The normalized spacial score (nSPS) is 11.2. The van der Waals surface area contributed by atoms with Crippen LogP contribution in [0.4, 0.5) is 0 Å². The lowest BCUT2D eigenvalue weighted by molar-refractivity contribution is 0.0943. The molecule has 6 heteroatoms. The van der Waals surface area contributed by atoms with E-state index in [0.717, 1.165) is 10.4 Å². The SMILES string of the molecule is CC(C)NC(=O)c1ccc2c(-c3nccs3)noc2c1. The lowest BCUT2D eigenvalue weighted by Crippen LogP contribution is -2.29. The molecule has 0 spiro atoms. The van der Waals surface area contributed by atoms with Crippen molar-refractivity contribution in [2.75, 3.05) is 0 Å². The van der Waals surface area contributed by atoms with Crippen molar-refractivity contribution in [3.63, 3.8) is 0 Å². The van der Waals surface area contributed by atoms with E-state index in [1.165, 1.54) is 11.3 Å². The Morgan fingerprint density at radius 1 is 1.40 bits per heavy atom. The minimum Gasteiger partial charge on any atom is -0.356 e. The molecule has 0 fully saturated rings. The van der Waals surface area contributed by atoms with Gasteiger partial charge in [0.05, 0.1) is 5.39 Å². The first kappa shape index (κ1) is 12.8. The third-order valence-corrected chi connectivity index (χ3v) is 3.57. The van der Waals surface area contributed by atoms with Gasteiger partial charge in [-0.25, -0.2) is 4.98 Å². The van der Waals surface area contributed by atoms with Crippen LogP contribution in [0.25, 0.3) is 21.7 Å². The van der Waals surface area contributed by atoms with Gasteiger partial charge in [-0.1, -0.05) is 5.16 Å². The molecular weight excluding hydrogens is 274 g/mol. The summed E-state index contributed by atoms with van der Waals surface area (Å²) < 4.78 is 5.31. The molecule has 0 atom stereocenters. The highest BCUT2D eigenvalue weighted by Crippen LogP contribution is 2.29. The average Bonchev–Trinajstić information content (AvgIpc) is 3.05. The Morgan fingerprint density at radius 2 is 2.25 bits per heavy atom. The molecule has 5 nitrogen and oxygen atoms in total. The van der Waals surface area contributed by atoms with Crippen LogP contribution in [-0.4, -0.2) is 22.1 Å². The summed E-state index contributed by atoms with van der Waals surface area (Å²) in [6.45, 7) is 3.84. The van der Waals surface area contributed by atoms with Crippen molar-refractivity contribution in [2.45, 2.75) is 19.9 Å². The van der Waals surface area contributed by atoms with Gasteiger partial charge in [-0.05, 0) is 32.0 Å². The van der Waals surface area contributed by atoms with E-state index < -0.39 is 0 Å². The minimum absolute atomic E-state index is 0.0961. The largest absolute Gasteiger partial charge is 0.356 e. The first-order valence-corrected chi connectivity index (χ1v) is 7.13. The quantitative estimate of drug-likeness (QED) is 0.803. The van der Waals surface area contributed by atoms with E-state index >= 15 is 0 Å². The van der Waals surface area contributed by atoms with E-state index in [1.807, 2.05) is 25.3 Å². The minimum atomic E-state index is -0.117. The number of aromatic nitrogens is 2. The van der Waals surface area contributed by atoms with Gasteiger partial charge < -0.3 is 9.84 Å². The standard InChI is InChI=1S/C14H13N3O2S/c1-8(2)16-13(18)9-3-4-10-11(7-9)19-17-12(10)14-15-5-6-20-14/h3-8H,1-2H3,(H,16,18). The van der Waals surface area contributed by atoms with Crippen LogP contribution in [0.3, 0.4) is 0 Å². The number of carbonyl (C=O) groups is 1. The Labute approximate surface area is 119 Å². The monoisotopic (exact) mass is 287 g/mol. The molecule has 3 aromatic rings. The Balaban J connectivity index is 2.00. The highest BCUT2D eigenvalue weighted by molar-refractivity contribution is 7.13. The maximum absolute atomic E-state index is 12.0. The first-order valence-electron chi connectivity index (χ1n) is 6.25. The second-order valence-corrected chi connectivity index (χ2v) is 5.60. The Kier molecular flexibility index (Phi) is 3.23. The van der Waals surface area contributed by atoms with Crippen LogP contribution in [0, 0.1) is 0 Å². The molecule has 3 rings (SSSR count). The molecule has 1 aromatic carbocycles. The van der Waals surface area contributed by atoms with Gasteiger partial charge >= 0.3 is 0 Å². The molecule has 0 aliphatic heterocycles. The molecule has 20 heavy (non-hydrogen) atoms. The van der Waals surface area contributed by atoms with Crippen molar-refractivity contribution in [2.24, 2.45) is 0 Å². The summed E-state index contributed by atoms with van der Waals surface area (Å²) in [7, 11) is 0. The van der Waals surface area contributed by atoms with Crippen LogP contribution in [0.2, 0.25) is 0 Å². The molecule has 0 aliphatic rings. The molecule has 0 saturated heterocycles. The summed E-state index contributed by atoms with van der Waals surface area (Å²) in [4.78, 5) is 16.2. The fraction of sp³-hybridized carbons (Fsp3) is 0.214. The number of thiazole rings is 1. The molecular formula is C14H13N3O2S. The van der Waals surface area contributed by atoms with Crippen molar-refractivity contribution in [3.05, 3.63) is 35.3 Å². The van der Waals surface area contributed by atoms with Crippen LogP contribution < -0.4 is 5.32 Å². The van der Waals surface area contributed by atoms with Gasteiger partial charge in [0.2, 0.25) is 0 Å². The van der Waals surface area contributed by atoms with Gasteiger partial charge in [-0.15, -0.1) is 11.3 Å². The third kappa shape index (κ3) is 2.30. The van der Waals surface area contributed by atoms with E-state index in [0.29, 0.717) is 16.8 Å². The molecule has 102 valence electrons. The van der Waals surface area contributed by atoms with Gasteiger partial charge in [0.15, 0.2) is 5.58 Å². The molecule has 2 heterocycles. The topological polar surface area (TPSA) is 68.0 Å². The number of nitrogens with zero attached hydrogens (tertiary/aromatic N) is 2. The molecule has 0 radical (unpaired) electrons. The highest BCUT2D eigenvalue weighted by atomic mass is 32.1. The van der Waals surface area contributed by atoms with Crippen molar-refractivity contribution in [1.82, 2.24) is 15.5 Å². The van der Waals surface area contributed by atoms with Crippen molar-refractivity contribution in [3.8, 4) is 10.7 Å². The Bertz CT molecular complexity index is 747. The number of hydrogen-bond donors (Lipinski definition) is 1. The van der Waals surface area contributed by atoms with E-state index in [4.69, 9.17) is 4.52 Å². The third-order valence-electron chi connectivity index (χ3n) is 2.79. The lowest BCUT2D eigenvalue weighted by Gasteiger charge is -2.07. The van der Waals surface area contributed by atoms with E-state index in [9.17, 15) is 4.79 Å². The maximum Gasteiger partial charge on any atom is 0.251 e. The number of carbonyl (C=O) groups excluding carboxylic acids is 1. The second kappa shape index (κ2) is 5.05. The van der Waals surface area contributed by atoms with E-state index in [1.54, 1.807) is 18.3 Å². The zero-order valence-electron chi connectivity index (χ0n) is 11.1. The number of amides is 1. The van der Waals surface area contributed by atoms with Crippen LogP contribution in [0.1, 0.15) is 24.2 Å². The van der Waals surface area contributed by atoms with Crippen LogP contribution in [0.15, 0.2) is 34.3 Å². The van der Waals surface area contributed by atoms with Crippen LogP contribution >= 0.6 is 11.3 Å². The van der Waals surface area contributed by atoms with Gasteiger partial charge in [-0.2, -0.15) is 0 Å². The Morgan fingerprint density at radius 3 is 2.95 bits per heavy atom. The van der Waals surface area contributed by atoms with Crippen LogP contribution in [-0.2, 0) is 0 Å². The zero-order valence-corrected chi connectivity index (χ0v) is 11.9. The van der Waals surface area contributed by atoms with Crippen molar-refractivity contribution >= 4 is 28.2 Å². The van der Waals surface area contributed by atoms with E-state index in [2.05, 4.69) is 15.5 Å².